The molecule has 2 heterocycles. The zero-order chi connectivity index (χ0) is 13.7. The van der Waals surface area contributed by atoms with Gasteiger partial charge in [0.1, 0.15) is 5.56 Å². The lowest BCUT2D eigenvalue weighted by molar-refractivity contribution is -0.130. The number of nitrogens with zero attached hydrogens (tertiary/aromatic N) is 2. The Kier molecular flexibility index (Phi) is 4.33. The third-order valence-corrected chi connectivity index (χ3v) is 3.19. The van der Waals surface area contributed by atoms with Crippen LogP contribution in [0.5, 0.6) is 0 Å². The minimum Gasteiger partial charge on any atom is -0.478 e. The standard InChI is InChI=1S/C13H17N3O3/c17-12(16-6-2-1-3-7-16)9-15-11-4-5-14-8-10(11)13(18)19/h4-5,8H,1-3,6-7,9H2,(H,14,15)(H,18,19). The van der Waals surface area contributed by atoms with Crippen LogP contribution in [0.25, 0.3) is 0 Å². The molecule has 2 N–H and O–H groups in total. The van der Waals surface area contributed by atoms with Crippen LogP contribution in [0.15, 0.2) is 18.5 Å². The summed E-state index contributed by atoms with van der Waals surface area (Å²) in [5.74, 6) is -1.05. The highest BCUT2D eigenvalue weighted by Gasteiger charge is 2.17. The van der Waals surface area contributed by atoms with Gasteiger partial charge in [0, 0.05) is 25.5 Å². The minimum absolute atomic E-state index is 0.00727. The largest absolute Gasteiger partial charge is 0.478 e. The maximum atomic E-state index is 12.0. The Morgan fingerprint density at radius 1 is 1.32 bits per heavy atom. The number of anilines is 1. The Balaban J connectivity index is 1.94. The van der Waals surface area contributed by atoms with Gasteiger partial charge in [-0.1, -0.05) is 0 Å². The van der Waals surface area contributed by atoms with Crippen LogP contribution < -0.4 is 5.32 Å². The quantitative estimate of drug-likeness (QED) is 0.853. The van der Waals surface area contributed by atoms with Crippen molar-refractivity contribution in [2.75, 3.05) is 25.0 Å². The predicted molar refractivity (Wildman–Crippen MR) is 70.1 cm³/mol. The normalized spacial score (nSPS) is 15.1. The highest BCUT2D eigenvalue weighted by Crippen LogP contribution is 2.14. The van der Waals surface area contributed by atoms with E-state index in [1.165, 1.54) is 18.8 Å². The number of likely N-dealkylation sites (tertiary alicyclic amines) is 1. The van der Waals surface area contributed by atoms with Crippen molar-refractivity contribution in [1.29, 1.82) is 0 Å². The van der Waals surface area contributed by atoms with E-state index in [0.29, 0.717) is 5.69 Å². The van der Waals surface area contributed by atoms with E-state index in [1.54, 1.807) is 6.07 Å². The van der Waals surface area contributed by atoms with Crippen molar-refractivity contribution in [1.82, 2.24) is 9.88 Å². The molecule has 1 aromatic heterocycles. The topological polar surface area (TPSA) is 82.5 Å². The first-order valence-electron chi connectivity index (χ1n) is 6.37. The highest BCUT2D eigenvalue weighted by atomic mass is 16.4. The van der Waals surface area contributed by atoms with E-state index in [1.807, 2.05) is 4.90 Å². The molecule has 6 heteroatoms. The first-order valence-corrected chi connectivity index (χ1v) is 6.37. The summed E-state index contributed by atoms with van der Waals surface area (Å²) in [4.78, 5) is 28.5. The van der Waals surface area contributed by atoms with Crippen LogP contribution in [-0.2, 0) is 4.79 Å². The van der Waals surface area contributed by atoms with Crippen molar-refractivity contribution >= 4 is 17.6 Å². The second kappa shape index (κ2) is 6.17. The molecule has 0 bridgehead atoms. The summed E-state index contributed by atoms with van der Waals surface area (Å²) in [6, 6.07) is 1.56. The first-order chi connectivity index (χ1) is 9.18. The van der Waals surface area contributed by atoms with Crippen LogP contribution in [0, 0.1) is 0 Å². The van der Waals surface area contributed by atoms with Crippen molar-refractivity contribution < 1.29 is 14.7 Å². The molecule has 0 aliphatic carbocycles. The second-order valence-corrected chi connectivity index (χ2v) is 4.52. The molecule has 19 heavy (non-hydrogen) atoms. The zero-order valence-corrected chi connectivity index (χ0v) is 10.6. The molecule has 0 atom stereocenters. The fraction of sp³-hybridized carbons (Fsp3) is 0.462. The number of carboxylic acid groups (broad SMARTS) is 1. The van der Waals surface area contributed by atoms with Gasteiger partial charge in [-0.2, -0.15) is 0 Å². The summed E-state index contributed by atoms with van der Waals surface area (Å²) in [5, 5.41) is 11.9. The van der Waals surface area contributed by atoms with Gasteiger partial charge in [-0.15, -0.1) is 0 Å². The molecule has 1 aliphatic heterocycles. The third-order valence-electron chi connectivity index (χ3n) is 3.19. The fourth-order valence-electron chi connectivity index (χ4n) is 2.14. The summed E-state index contributed by atoms with van der Waals surface area (Å²) in [7, 11) is 0. The molecular formula is C13H17N3O3. The number of rotatable bonds is 4. The van der Waals surface area contributed by atoms with Gasteiger partial charge in [-0.3, -0.25) is 9.78 Å². The van der Waals surface area contributed by atoms with Gasteiger partial charge in [-0.25, -0.2) is 4.79 Å². The number of carboxylic acids is 1. The molecule has 1 saturated heterocycles. The van der Waals surface area contributed by atoms with Gasteiger partial charge in [0.05, 0.1) is 12.2 Å². The second-order valence-electron chi connectivity index (χ2n) is 4.52. The van der Waals surface area contributed by atoms with Gasteiger partial charge in [-0.05, 0) is 25.3 Å². The maximum absolute atomic E-state index is 12.0. The average Bonchev–Trinajstić information content (AvgIpc) is 2.46. The van der Waals surface area contributed by atoms with Gasteiger partial charge in [0.2, 0.25) is 5.91 Å². The summed E-state index contributed by atoms with van der Waals surface area (Å²) in [6.07, 6.45) is 6.03. The van der Waals surface area contributed by atoms with Crippen LogP contribution >= 0.6 is 0 Å². The Bertz CT molecular complexity index is 470. The molecule has 1 amide bonds. The van der Waals surface area contributed by atoms with Crippen LogP contribution in [0.2, 0.25) is 0 Å². The number of nitrogens with one attached hydrogen (secondary N) is 1. The van der Waals surface area contributed by atoms with E-state index >= 15 is 0 Å². The van der Waals surface area contributed by atoms with Crippen LogP contribution in [0.1, 0.15) is 29.6 Å². The van der Waals surface area contributed by atoms with Crippen molar-refractivity contribution in [2.24, 2.45) is 0 Å². The van der Waals surface area contributed by atoms with E-state index in [-0.39, 0.29) is 18.0 Å². The van der Waals surface area contributed by atoms with Crippen LogP contribution in [-0.4, -0.2) is 46.5 Å². The maximum Gasteiger partial charge on any atom is 0.339 e. The van der Waals surface area contributed by atoms with Crippen molar-refractivity contribution in [2.45, 2.75) is 19.3 Å². The fourth-order valence-corrected chi connectivity index (χ4v) is 2.14. The van der Waals surface area contributed by atoms with Crippen LogP contribution in [0.3, 0.4) is 0 Å². The molecule has 1 aliphatic rings. The summed E-state index contributed by atoms with van der Waals surface area (Å²) in [5.41, 5.74) is 0.502. The lowest BCUT2D eigenvalue weighted by atomic mass is 10.1. The van der Waals surface area contributed by atoms with Crippen molar-refractivity contribution in [3.63, 3.8) is 0 Å². The van der Waals surface area contributed by atoms with Gasteiger partial charge in [0.15, 0.2) is 0 Å². The molecule has 0 saturated carbocycles. The highest BCUT2D eigenvalue weighted by molar-refractivity contribution is 5.94. The molecule has 102 valence electrons. The average molecular weight is 263 g/mol. The minimum atomic E-state index is -1.05. The lowest BCUT2D eigenvalue weighted by Gasteiger charge is -2.27. The summed E-state index contributed by atoms with van der Waals surface area (Å²) >= 11 is 0. The Morgan fingerprint density at radius 3 is 2.74 bits per heavy atom. The van der Waals surface area contributed by atoms with E-state index in [9.17, 15) is 9.59 Å². The molecule has 6 nitrogen and oxygen atoms in total. The molecule has 2 rings (SSSR count). The number of hydrogen-bond acceptors (Lipinski definition) is 4. The first kappa shape index (κ1) is 13.3. The third kappa shape index (κ3) is 3.43. The smallest absolute Gasteiger partial charge is 0.339 e. The molecule has 0 aromatic carbocycles. The summed E-state index contributed by atoms with van der Waals surface area (Å²) < 4.78 is 0. The van der Waals surface area contributed by atoms with E-state index in [4.69, 9.17) is 5.11 Å². The zero-order valence-electron chi connectivity index (χ0n) is 10.6. The van der Waals surface area contributed by atoms with Gasteiger partial charge < -0.3 is 15.3 Å². The molecule has 0 unspecified atom stereocenters. The van der Waals surface area contributed by atoms with Gasteiger partial charge in [0.25, 0.3) is 0 Å². The summed E-state index contributed by atoms with van der Waals surface area (Å²) in [6.45, 7) is 1.70. The number of hydrogen-bond donors (Lipinski definition) is 2. The monoisotopic (exact) mass is 263 g/mol. The van der Waals surface area contributed by atoms with Crippen LogP contribution in [0.4, 0.5) is 5.69 Å². The molecule has 0 radical (unpaired) electrons. The lowest BCUT2D eigenvalue weighted by Crippen LogP contribution is -2.39. The SMILES string of the molecule is O=C(O)c1cnccc1NCC(=O)N1CCCCC1. The van der Waals surface area contributed by atoms with E-state index < -0.39 is 5.97 Å². The number of carbonyl (C=O) groups is 2. The van der Waals surface area contributed by atoms with Crippen molar-refractivity contribution in [3.8, 4) is 0 Å². The van der Waals surface area contributed by atoms with E-state index in [2.05, 4.69) is 10.3 Å². The number of pyridine rings is 1. The van der Waals surface area contributed by atoms with E-state index in [0.717, 1.165) is 25.9 Å². The Hall–Kier alpha value is -2.11. The molecule has 1 aromatic rings. The molecule has 1 fully saturated rings. The van der Waals surface area contributed by atoms with Crippen molar-refractivity contribution in [3.05, 3.63) is 24.0 Å². The Morgan fingerprint density at radius 2 is 2.05 bits per heavy atom. The number of piperidine rings is 1. The predicted octanol–water partition coefficient (Wildman–Crippen LogP) is 1.20. The number of amides is 1. The Labute approximate surface area is 111 Å². The number of aromatic nitrogens is 1. The molecular weight excluding hydrogens is 246 g/mol. The van der Waals surface area contributed by atoms with Gasteiger partial charge >= 0.3 is 5.97 Å². The number of aromatic carboxylic acids is 1. The molecule has 0 spiro atoms. The number of carbonyl (C=O) groups excluding carboxylic acids is 1.